The molecule has 32 heavy (non-hydrogen) atoms. The summed E-state index contributed by atoms with van der Waals surface area (Å²) in [6.07, 6.45) is 2.36. The Balaban J connectivity index is 1.52. The van der Waals surface area contributed by atoms with Crippen LogP contribution in [0.5, 0.6) is 0 Å². The first-order chi connectivity index (χ1) is 15.5. The van der Waals surface area contributed by atoms with Gasteiger partial charge in [-0.3, -0.25) is 9.69 Å². The predicted molar refractivity (Wildman–Crippen MR) is 129 cm³/mol. The van der Waals surface area contributed by atoms with Crippen molar-refractivity contribution in [1.82, 2.24) is 4.90 Å². The van der Waals surface area contributed by atoms with E-state index >= 15 is 0 Å². The third kappa shape index (κ3) is 6.48. The molecule has 3 rings (SSSR count). The predicted octanol–water partition coefficient (Wildman–Crippen LogP) is 4.29. The Hall–Kier alpha value is -2.54. The molecule has 1 N–H and O–H groups in total. The molecule has 1 heterocycles. The average Bonchev–Trinajstić information content (AvgIpc) is 3.18. The monoisotopic (exact) mass is 453 g/mol. The molecule has 3 atom stereocenters. The summed E-state index contributed by atoms with van der Waals surface area (Å²) in [5, 5.41) is 11.0. The quantitative estimate of drug-likeness (QED) is 0.330. The number of nitrogens with zero attached hydrogens (tertiary/aromatic N) is 1. The minimum absolute atomic E-state index is 0.164. The Bertz CT molecular complexity index is 916. The number of hydrogen-bond acceptors (Lipinski definition) is 5. The summed E-state index contributed by atoms with van der Waals surface area (Å²) in [5.74, 6) is -0.844. The molecule has 2 aromatic carbocycles. The molecule has 5 nitrogen and oxygen atoms in total. The number of carbonyl (C=O) groups is 1. The van der Waals surface area contributed by atoms with E-state index in [1.807, 2.05) is 73.7 Å². The van der Waals surface area contributed by atoms with Crippen molar-refractivity contribution >= 4 is 23.3 Å². The second kappa shape index (κ2) is 11.9. The van der Waals surface area contributed by atoms with E-state index in [1.165, 1.54) is 4.90 Å². The van der Waals surface area contributed by atoms with Gasteiger partial charge in [0.2, 0.25) is 5.91 Å². The normalized spacial score (nSPS) is 18.3. The SMILES string of the molecule is C/C(=C\CCOCc1ccccc1)[C@H](O)[C@@H](C)C(=O)N1C(=S)OC[C@@H]1Cc1ccccc1. The number of amides is 1. The van der Waals surface area contributed by atoms with Crippen molar-refractivity contribution in [2.45, 2.75) is 45.4 Å². The summed E-state index contributed by atoms with van der Waals surface area (Å²) in [5.41, 5.74) is 2.99. The van der Waals surface area contributed by atoms with E-state index in [0.717, 1.165) is 16.7 Å². The molecule has 0 unspecified atom stereocenters. The van der Waals surface area contributed by atoms with Crippen molar-refractivity contribution in [3.63, 3.8) is 0 Å². The maximum atomic E-state index is 13.2. The minimum Gasteiger partial charge on any atom is -0.468 e. The number of thiocarbonyl (C=S) groups is 1. The molecule has 0 spiro atoms. The van der Waals surface area contributed by atoms with Crippen LogP contribution >= 0.6 is 12.2 Å². The molecule has 170 valence electrons. The third-order valence-corrected chi connectivity index (χ3v) is 6.00. The molecular formula is C26H31NO4S. The van der Waals surface area contributed by atoms with Gasteiger partial charge in [-0.05, 0) is 48.7 Å². The van der Waals surface area contributed by atoms with Crippen LogP contribution in [0.3, 0.4) is 0 Å². The largest absolute Gasteiger partial charge is 0.468 e. The summed E-state index contributed by atoms with van der Waals surface area (Å²) in [4.78, 5) is 14.7. The zero-order chi connectivity index (χ0) is 22.9. The maximum absolute atomic E-state index is 13.2. The van der Waals surface area contributed by atoms with Gasteiger partial charge in [0, 0.05) is 0 Å². The zero-order valence-electron chi connectivity index (χ0n) is 18.6. The van der Waals surface area contributed by atoms with E-state index in [9.17, 15) is 9.90 Å². The van der Waals surface area contributed by atoms with Crippen molar-refractivity contribution in [2.75, 3.05) is 13.2 Å². The second-order valence-corrected chi connectivity index (χ2v) is 8.49. The molecule has 0 bridgehead atoms. The highest BCUT2D eigenvalue weighted by Gasteiger charge is 2.39. The van der Waals surface area contributed by atoms with Crippen LogP contribution in [0.2, 0.25) is 0 Å². The van der Waals surface area contributed by atoms with Crippen molar-refractivity contribution in [3.05, 3.63) is 83.4 Å². The van der Waals surface area contributed by atoms with E-state index < -0.39 is 12.0 Å². The van der Waals surface area contributed by atoms with Crippen LogP contribution in [0.15, 0.2) is 72.3 Å². The van der Waals surface area contributed by atoms with E-state index in [1.54, 1.807) is 6.92 Å². The summed E-state index contributed by atoms with van der Waals surface area (Å²) >= 11 is 5.29. The number of hydrogen-bond donors (Lipinski definition) is 1. The van der Waals surface area contributed by atoms with E-state index in [-0.39, 0.29) is 17.1 Å². The van der Waals surface area contributed by atoms with Crippen molar-refractivity contribution in [2.24, 2.45) is 5.92 Å². The average molecular weight is 454 g/mol. The Kier molecular flexibility index (Phi) is 8.97. The fraction of sp³-hybridized carbons (Fsp3) is 0.385. The van der Waals surface area contributed by atoms with Gasteiger partial charge in [0.1, 0.15) is 6.61 Å². The smallest absolute Gasteiger partial charge is 0.266 e. The molecule has 6 heteroatoms. The minimum atomic E-state index is -0.891. The summed E-state index contributed by atoms with van der Waals surface area (Å²) < 4.78 is 11.2. The Morgan fingerprint density at radius 2 is 1.81 bits per heavy atom. The third-order valence-electron chi connectivity index (χ3n) is 5.68. The van der Waals surface area contributed by atoms with Gasteiger partial charge in [-0.25, -0.2) is 0 Å². The molecular weight excluding hydrogens is 422 g/mol. The fourth-order valence-electron chi connectivity index (χ4n) is 3.77. The van der Waals surface area contributed by atoms with Crippen LogP contribution < -0.4 is 0 Å². The first-order valence-corrected chi connectivity index (χ1v) is 11.4. The fourth-order valence-corrected chi connectivity index (χ4v) is 4.08. The standard InChI is InChI=1S/C26H31NO4S/c1-19(10-9-15-30-17-22-13-7-4-8-14-22)24(28)20(2)25(29)27-23(18-31-26(27)32)16-21-11-5-3-6-12-21/h3-8,10-14,20,23-24,28H,9,15-18H2,1-2H3/b19-10+/t20-,23+,24+/m1/s1. The lowest BCUT2D eigenvalue weighted by Gasteiger charge is -2.27. The molecule has 2 aromatic rings. The number of ether oxygens (including phenoxy) is 2. The first-order valence-electron chi connectivity index (χ1n) is 11.0. The molecule has 0 saturated carbocycles. The van der Waals surface area contributed by atoms with Crippen LogP contribution in [0.1, 0.15) is 31.4 Å². The van der Waals surface area contributed by atoms with Gasteiger partial charge in [-0.2, -0.15) is 0 Å². The lowest BCUT2D eigenvalue weighted by molar-refractivity contribution is -0.134. The van der Waals surface area contributed by atoms with Gasteiger partial charge < -0.3 is 14.6 Å². The van der Waals surface area contributed by atoms with Crippen LogP contribution in [-0.4, -0.2) is 46.4 Å². The topological polar surface area (TPSA) is 59.0 Å². The molecule has 0 radical (unpaired) electrons. The van der Waals surface area contributed by atoms with E-state index in [0.29, 0.717) is 32.7 Å². The molecule has 0 aliphatic carbocycles. The molecule has 1 aliphatic heterocycles. The van der Waals surface area contributed by atoms with E-state index in [4.69, 9.17) is 21.7 Å². The van der Waals surface area contributed by atoms with Gasteiger partial charge in [-0.15, -0.1) is 0 Å². The van der Waals surface area contributed by atoms with Crippen molar-refractivity contribution in [3.8, 4) is 0 Å². The first kappa shape index (κ1) is 24.1. The zero-order valence-corrected chi connectivity index (χ0v) is 19.5. The highest BCUT2D eigenvalue weighted by atomic mass is 32.1. The number of aliphatic hydroxyl groups excluding tert-OH is 1. The second-order valence-electron chi connectivity index (χ2n) is 8.14. The summed E-state index contributed by atoms with van der Waals surface area (Å²) in [6.45, 7) is 5.05. The van der Waals surface area contributed by atoms with Crippen molar-refractivity contribution < 1.29 is 19.4 Å². The number of benzene rings is 2. The lowest BCUT2D eigenvalue weighted by Crippen LogP contribution is -2.45. The molecule has 1 saturated heterocycles. The molecule has 0 aromatic heterocycles. The Morgan fingerprint density at radius 3 is 2.47 bits per heavy atom. The van der Waals surface area contributed by atoms with E-state index in [2.05, 4.69) is 0 Å². The number of aliphatic hydroxyl groups is 1. The summed E-state index contributed by atoms with van der Waals surface area (Å²) in [7, 11) is 0. The van der Waals surface area contributed by atoms with Gasteiger partial charge in [0.25, 0.3) is 5.17 Å². The highest BCUT2D eigenvalue weighted by molar-refractivity contribution is 7.80. The van der Waals surface area contributed by atoms with Gasteiger partial charge in [0.15, 0.2) is 0 Å². The number of rotatable bonds is 10. The van der Waals surface area contributed by atoms with Gasteiger partial charge >= 0.3 is 0 Å². The Labute approximate surface area is 195 Å². The molecule has 1 fully saturated rings. The maximum Gasteiger partial charge on any atom is 0.266 e. The van der Waals surface area contributed by atoms with Crippen LogP contribution in [0.25, 0.3) is 0 Å². The lowest BCUT2D eigenvalue weighted by atomic mass is 9.95. The van der Waals surface area contributed by atoms with Gasteiger partial charge in [0.05, 0.1) is 31.3 Å². The van der Waals surface area contributed by atoms with Crippen LogP contribution in [0, 0.1) is 5.92 Å². The summed E-state index contributed by atoms with van der Waals surface area (Å²) in [6, 6.07) is 19.8. The van der Waals surface area contributed by atoms with Crippen LogP contribution in [-0.2, 0) is 27.3 Å². The Morgan fingerprint density at radius 1 is 1.19 bits per heavy atom. The highest BCUT2D eigenvalue weighted by Crippen LogP contribution is 2.23. The number of carbonyl (C=O) groups excluding carboxylic acids is 1. The molecule has 1 amide bonds. The molecule has 1 aliphatic rings. The van der Waals surface area contributed by atoms with Gasteiger partial charge in [-0.1, -0.05) is 73.7 Å². The van der Waals surface area contributed by atoms with Crippen LogP contribution in [0.4, 0.5) is 0 Å². The van der Waals surface area contributed by atoms with Crippen molar-refractivity contribution in [1.29, 1.82) is 0 Å².